The summed E-state index contributed by atoms with van der Waals surface area (Å²) in [6.45, 7) is 13.8. The molecule has 0 aromatic carbocycles. The Kier molecular flexibility index (Phi) is 6.22. The molecule has 76 valence electrons. The largest absolute Gasteiger partial charge is 0.0961 e. The fourth-order valence-electron chi connectivity index (χ4n) is 0.721. The maximum atomic E-state index is 3.96. The molecule has 0 fully saturated rings. The molecule has 0 saturated heterocycles. The number of allylic oxidation sites excluding steroid dienone is 8. The molecular weight excluding hydrogens is 236 g/mol. The van der Waals surface area contributed by atoms with Gasteiger partial charge in [0.05, 0.1) is 0 Å². The Bertz CT molecular complexity index is 310. The third-order valence-corrected chi connectivity index (χ3v) is 1.90. The Labute approximate surface area is 95.5 Å². The lowest BCUT2D eigenvalue weighted by Crippen LogP contribution is -1.78. The van der Waals surface area contributed by atoms with Crippen LogP contribution < -0.4 is 0 Å². The van der Waals surface area contributed by atoms with Crippen LogP contribution in [0.3, 0.4) is 0 Å². The van der Waals surface area contributed by atoms with Gasteiger partial charge in [0.1, 0.15) is 0 Å². The van der Waals surface area contributed by atoms with Crippen LogP contribution in [0.25, 0.3) is 0 Å². The van der Waals surface area contributed by atoms with Crippen LogP contribution in [0.5, 0.6) is 0 Å². The second-order valence-electron chi connectivity index (χ2n) is 3.31. The van der Waals surface area contributed by atoms with Gasteiger partial charge in [0, 0.05) is 0 Å². The van der Waals surface area contributed by atoms with Gasteiger partial charge < -0.3 is 0 Å². The maximum Gasteiger partial charge on any atom is -0.00803 e. The minimum Gasteiger partial charge on any atom is -0.0961 e. The Hall–Kier alpha value is -0.820. The molecule has 0 atom stereocenters. The first kappa shape index (κ1) is 13.2. The minimum atomic E-state index is 1.01. The van der Waals surface area contributed by atoms with E-state index in [2.05, 4.69) is 29.1 Å². The quantitative estimate of drug-likeness (QED) is 0.624. The van der Waals surface area contributed by atoms with E-state index >= 15 is 0 Å². The Morgan fingerprint density at radius 2 is 1.57 bits per heavy atom. The lowest BCUT2D eigenvalue weighted by Gasteiger charge is -1.98. The summed E-state index contributed by atoms with van der Waals surface area (Å²) >= 11 is 3.37. The minimum absolute atomic E-state index is 1.01. The molecule has 0 aromatic rings. The van der Waals surface area contributed by atoms with Crippen molar-refractivity contribution in [2.45, 2.75) is 20.8 Å². The molecule has 0 amide bonds. The van der Waals surface area contributed by atoms with Crippen LogP contribution in [0.1, 0.15) is 20.8 Å². The van der Waals surface area contributed by atoms with E-state index < -0.39 is 0 Å². The summed E-state index contributed by atoms with van der Waals surface area (Å²) in [5.41, 5.74) is 3.20. The van der Waals surface area contributed by atoms with Crippen molar-refractivity contribution in [3.63, 3.8) is 0 Å². The molecule has 0 rings (SSSR count). The highest BCUT2D eigenvalue weighted by Crippen LogP contribution is 2.11. The van der Waals surface area contributed by atoms with Gasteiger partial charge in [-0.15, -0.1) is 0 Å². The molecule has 0 aromatic heterocycles. The Morgan fingerprint density at radius 1 is 1.00 bits per heavy atom. The highest BCUT2D eigenvalue weighted by atomic mass is 79.9. The maximum absolute atomic E-state index is 3.96. The summed E-state index contributed by atoms with van der Waals surface area (Å²) in [6, 6.07) is 0. The fourth-order valence-corrected chi connectivity index (χ4v) is 0.853. The molecule has 14 heavy (non-hydrogen) atoms. The average molecular weight is 253 g/mol. The van der Waals surface area contributed by atoms with Crippen molar-refractivity contribution in [2.24, 2.45) is 0 Å². The predicted molar refractivity (Wildman–Crippen MR) is 69.5 cm³/mol. The number of rotatable bonds is 4. The SMILES string of the molecule is C=C(C)/C=C\C(=C)/C(C)=C/C=C(\C)Br. The summed E-state index contributed by atoms with van der Waals surface area (Å²) < 4.78 is 1.11. The van der Waals surface area contributed by atoms with Gasteiger partial charge in [-0.3, -0.25) is 0 Å². The van der Waals surface area contributed by atoms with E-state index in [-0.39, 0.29) is 0 Å². The van der Waals surface area contributed by atoms with Crippen LogP contribution in [0, 0.1) is 0 Å². The average Bonchev–Trinajstić information content (AvgIpc) is 2.09. The molecule has 0 aliphatic rings. The van der Waals surface area contributed by atoms with Gasteiger partial charge in [0.15, 0.2) is 0 Å². The van der Waals surface area contributed by atoms with E-state index in [0.29, 0.717) is 0 Å². The topological polar surface area (TPSA) is 0 Å². The molecule has 0 aliphatic heterocycles. The first-order valence-electron chi connectivity index (χ1n) is 4.47. The van der Waals surface area contributed by atoms with Gasteiger partial charge >= 0.3 is 0 Å². The van der Waals surface area contributed by atoms with Crippen molar-refractivity contribution < 1.29 is 0 Å². The third-order valence-electron chi connectivity index (χ3n) is 1.64. The van der Waals surface area contributed by atoms with Crippen molar-refractivity contribution >= 4 is 15.9 Å². The van der Waals surface area contributed by atoms with Crippen LogP contribution in [-0.2, 0) is 0 Å². The molecule has 0 saturated carbocycles. The zero-order valence-corrected chi connectivity index (χ0v) is 10.7. The van der Waals surface area contributed by atoms with E-state index in [1.54, 1.807) is 0 Å². The summed E-state index contributed by atoms with van der Waals surface area (Å²) in [5, 5.41) is 0. The summed E-state index contributed by atoms with van der Waals surface area (Å²) in [5.74, 6) is 0. The predicted octanol–water partition coefficient (Wildman–Crippen LogP) is 4.92. The highest BCUT2D eigenvalue weighted by molar-refractivity contribution is 9.11. The van der Waals surface area contributed by atoms with E-state index in [1.807, 2.05) is 45.1 Å². The Morgan fingerprint density at radius 3 is 2.00 bits per heavy atom. The van der Waals surface area contributed by atoms with Gasteiger partial charge in [-0.1, -0.05) is 59.0 Å². The zero-order valence-electron chi connectivity index (χ0n) is 9.10. The highest BCUT2D eigenvalue weighted by Gasteiger charge is 1.90. The lowest BCUT2D eigenvalue weighted by molar-refractivity contribution is 1.43. The van der Waals surface area contributed by atoms with Gasteiger partial charge in [0.2, 0.25) is 0 Å². The summed E-state index contributed by atoms with van der Waals surface area (Å²) in [7, 11) is 0. The van der Waals surface area contributed by atoms with Crippen molar-refractivity contribution in [1.29, 1.82) is 0 Å². The molecule has 0 unspecified atom stereocenters. The molecule has 0 heterocycles. The molecule has 0 spiro atoms. The second-order valence-corrected chi connectivity index (χ2v) is 4.56. The first-order chi connectivity index (χ1) is 6.43. The van der Waals surface area contributed by atoms with Crippen LogP contribution >= 0.6 is 15.9 Å². The fraction of sp³-hybridized carbons (Fsp3) is 0.231. The van der Waals surface area contributed by atoms with Gasteiger partial charge in [0.25, 0.3) is 0 Å². The van der Waals surface area contributed by atoms with Crippen LogP contribution in [0.2, 0.25) is 0 Å². The van der Waals surface area contributed by atoms with Gasteiger partial charge in [-0.05, 0) is 36.4 Å². The standard InChI is InChI=1S/C13H17Br/c1-10(2)6-7-11(3)12(4)8-9-13(5)14/h6-9H,1,3H2,2,4-5H3/b7-6-,12-8+,13-9+. The van der Waals surface area contributed by atoms with Crippen LogP contribution in [0.15, 0.2) is 58.7 Å². The molecule has 0 aliphatic carbocycles. The third kappa shape index (κ3) is 6.67. The van der Waals surface area contributed by atoms with Crippen LogP contribution in [-0.4, -0.2) is 0 Å². The molecular formula is C13H17Br. The van der Waals surface area contributed by atoms with Crippen LogP contribution in [0.4, 0.5) is 0 Å². The second kappa shape index (κ2) is 6.61. The first-order valence-corrected chi connectivity index (χ1v) is 5.26. The van der Waals surface area contributed by atoms with E-state index in [0.717, 1.165) is 21.2 Å². The van der Waals surface area contributed by atoms with Crippen molar-refractivity contribution in [1.82, 2.24) is 0 Å². The normalized spacial score (nSPS) is 13.4. The van der Waals surface area contributed by atoms with E-state index in [9.17, 15) is 0 Å². The number of hydrogen-bond donors (Lipinski definition) is 0. The summed E-state index contributed by atoms with van der Waals surface area (Å²) in [6.07, 6.45) is 7.99. The van der Waals surface area contributed by atoms with Crippen molar-refractivity contribution in [3.8, 4) is 0 Å². The van der Waals surface area contributed by atoms with Crippen molar-refractivity contribution in [3.05, 3.63) is 58.7 Å². The number of halogens is 1. The molecule has 0 radical (unpaired) electrons. The molecule has 0 N–H and O–H groups in total. The van der Waals surface area contributed by atoms with Crippen molar-refractivity contribution in [2.75, 3.05) is 0 Å². The number of hydrogen-bond acceptors (Lipinski definition) is 0. The smallest absolute Gasteiger partial charge is 0.00803 e. The molecule has 0 bridgehead atoms. The monoisotopic (exact) mass is 252 g/mol. The van der Waals surface area contributed by atoms with Gasteiger partial charge in [-0.2, -0.15) is 0 Å². The Balaban J connectivity index is 4.48. The molecule has 1 heteroatoms. The van der Waals surface area contributed by atoms with E-state index in [4.69, 9.17) is 0 Å². The summed E-state index contributed by atoms with van der Waals surface area (Å²) in [4.78, 5) is 0. The zero-order chi connectivity index (χ0) is 11.1. The van der Waals surface area contributed by atoms with E-state index in [1.165, 1.54) is 0 Å². The lowest BCUT2D eigenvalue weighted by atomic mass is 10.1. The molecule has 0 nitrogen and oxygen atoms in total. The van der Waals surface area contributed by atoms with Gasteiger partial charge in [-0.25, -0.2) is 0 Å².